The largest absolute Gasteiger partial charge is 0.309 e. The minimum atomic E-state index is 0.771. The maximum Gasteiger partial charge on any atom is 0.0406 e. The van der Waals surface area contributed by atoms with Gasteiger partial charge in [-0.05, 0) is 28.8 Å². The number of halogens is 1. The highest BCUT2D eigenvalue weighted by atomic mass is 35.5. The van der Waals surface area contributed by atoms with Gasteiger partial charge in [0.15, 0.2) is 0 Å². The van der Waals surface area contributed by atoms with Crippen molar-refractivity contribution in [1.82, 2.24) is 5.32 Å². The Morgan fingerprint density at radius 3 is 2.33 bits per heavy atom. The first-order valence-electron chi connectivity index (χ1n) is 5.94. The standard InChI is InChI=1S/C16H16ClN/c1-13(15-5-3-2-4-6-15)11-18-12-14-7-9-16(17)10-8-14/h2-10,18H,1,11-12H2. The lowest BCUT2D eigenvalue weighted by Crippen LogP contribution is -2.15. The molecule has 2 aromatic carbocycles. The molecule has 0 aliphatic carbocycles. The molecule has 2 heteroatoms. The van der Waals surface area contributed by atoms with E-state index in [1.54, 1.807) is 0 Å². The monoisotopic (exact) mass is 257 g/mol. The number of benzene rings is 2. The average molecular weight is 258 g/mol. The summed E-state index contributed by atoms with van der Waals surface area (Å²) in [4.78, 5) is 0. The van der Waals surface area contributed by atoms with E-state index in [-0.39, 0.29) is 0 Å². The first kappa shape index (κ1) is 12.9. The number of hydrogen-bond donors (Lipinski definition) is 1. The number of rotatable bonds is 5. The summed E-state index contributed by atoms with van der Waals surface area (Å²) in [6, 6.07) is 18.1. The molecule has 0 atom stereocenters. The van der Waals surface area contributed by atoms with Gasteiger partial charge in [-0.1, -0.05) is 60.6 Å². The first-order valence-corrected chi connectivity index (χ1v) is 6.32. The van der Waals surface area contributed by atoms with Crippen LogP contribution in [-0.4, -0.2) is 6.54 Å². The Kier molecular flexibility index (Phi) is 4.57. The Hall–Kier alpha value is -1.57. The number of nitrogens with one attached hydrogen (secondary N) is 1. The zero-order chi connectivity index (χ0) is 12.8. The summed E-state index contributed by atoms with van der Waals surface area (Å²) in [5.41, 5.74) is 3.51. The summed E-state index contributed by atoms with van der Waals surface area (Å²) in [5.74, 6) is 0. The van der Waals surface area contributed by atoms with E-state index in [9.17, 15) is 0 Å². The molecule has 0 heterocycles. The van der Waals surface area contributed by atoms with Gasteiger partial charge >= 0.3 is 0 Å². The molecule has 0 radical (unpaired) electrons. The van der Waals surface area contributed by atoms with Crippen LogP contribution in [0.25, 0.3) is 5.57 Å². The summed E-state index contributed by atoms with van der Waals surface area (Å²) in [5, 5.41) is 4.15. The predicted molar refractivity (Wildman–Crippen MR) is 78.6 cm³/mol. The zero-order valence-electron chi connectivity index (χ0n) is 10.2. The van der Waals surface area contributed by atoms with Crippen LogP contribution in [0.2, 0.25) is 5.02 Å². The Bertz CT molecular complexity index is 502. The molecule has 0 aliphatic heterocycles. The molecular weight excluding hydrogens is 242 g/mol. The topological polar surface area (TPSA) is 12.0 Å². The summed E-state index contributed by atoms with van der Waals surface area (Å²) >= 11 is 5.84. The molecule has 0 bridgehead atoms. The van der Waals surface area contributed by atoms with Crippen LogP contribution in [-0.2, 0) is 6.54 Å². The Morgan fingerprint density at radius 2 is 1.67 bits per heavy atom. The maximum atomic E-state index is 5.84. The minimum Gasteiger partial charge on any atom is -0.309 e. The molecule has 1 nitrogen and oxygen atoms in total. The molecule has 0 aliphatic rings. The van der Waals surface area contributed by atoms with Crippen molar-refractivity contribution in [3.05, 3.63) is 77.3 Å². The number of hydrogen-bond acceptors (Lipinski definition) is 1. The van der Waals surface area contributed by atoms with Crippen molar-refractivity contribution < 1.29 is 0 Å². The van der Waals surface area contributed by atoms with Crippen LogP contribution in [0.15, 0.2) is 61.2 Å². The lowest BCUT2D eigenvalue weighted by Gasteiger charge is -2.08. The van der Waals surface area contributed by atoms with Gasteiger partial charge in [0.25, 0.3) is 0 Å². The van der Waals surface area contributed by atoms with Crippen LogP contribution >= 0.6 is 11.6 Å². The van der Waals surface area contributed by atoms with Crippen LogP contribution in [0, 0.1) is 0 Å². The van der Waals surface area contributed by atoms with E-state index in [1.807, 2.05) is 42.5 Å². The highest BCUT2D eigenvalue weighted by Crippen LogP contribution is 2.11. The van der Waals surface area contributed by atoms with Gasteiger partial charge in [-0.3, -0.25) is 0 Å². The Morgan fingerprint density at radius 1 is 1.00 bits per heavy atom. The molecule has 0 spiro atoms. The van der Waals surface area contributed by atoms with E-state index < -0.39 is 0 Å². The highest BCUT2D eigenvalue weighted by molar-refractivity contribution is 6.30. The molecule has 2 aromatic rings. The molecule has 2 rings (SSSR count). The Balaban J connectivity index is 1.82. The average Bonchev–Trinajstić information content (AvgIpc) is 2.42. The van der Waals surface area contributed by atoms with Gasteiger partial charge in [0.2, 0.25) is 0 Å². The third-order valence-electron chi connectivity index (χ3n) is 2.76. The molecule has 0 saturated carbocycles. The molecule has 18 heavy (non-hydrogen) atoms. The predicted octanol–water partition coefficient (Wildman–Crippen LogP) is 4.14. The lowest BCUT2D eigenvalue weighted by molar-refractivity contribution is 0.768. The van der Waals surface area contributed by atoms with Crippen molar-refractivity contribution in [2.24, 2.45) is 0 Å². The van der Waals surface area contributed by atoms with Crippen molar-refractivity contribution in [2.75, 3.05) is 6.54 Å². The molecular formula is C16H16ClN. The fourth-order valence-corrected chi connectivity index (χ4v) is 1.86. The van der Waals surface area contributed by atoms with Gasteiger partial charge in [-0.15, -0.1) is 0 Å². The van der Waals surface area contributed by atoms with Gasteiger partial charge in [-0.25, -0.2) is 0 Å². The maximum absolute atomic E-state index is 5.84. The highest BCUT2D eigenvalue weighted by Gasteiger charge is 1.98. The molecule has 0 fully saturated rings. The summed E-state index contributed by atoms with van der Waals surface area (Å²) in [6.07, 6.45) is 0. The van der Waals surface area contributed by atoms with Gasteiger partial charge in [-0.2, -0.15) is 0 Å². The van der Waals surface area contributed by atoms with E-state index in [2.05, 4.69) is 24.0 Å². The van der Waals surface area contributed by atoms with Crippen molar-refractivity contribution in [2.45, 2.75) is 6.54 Å². The molecule has 1 N–H and O–H groups in total. The molecule has 0 saturated heterocycles. The first-order chi connectivity index (χ1) is 8.75. The molecule has 0 aromatic heterocycles. The fourth-order valence-electron chi connectivity index (χ4n) is 1.74. The summed E-state index contributed by atoms with van der Waals surface area (Å²) in [6.45, 7) is 5.69. The van der Waals surface area contributed by atoms with Crippen molar-refractivity contribution in [3.63, 3.8) is 0 Å². The van der Waals surface area contributed by atoms with Gasteiger partial charge in [0.1, 0.15) is 0 Å². The third-order valence-corrected chi connectivity index (χ3v) is 3.01. The van der Waals surface area contributed by atoms with Gasteiger partial charge in [0.05, 0.1) is 0 Å². The van der Waals surface area contributed by atoms with E-state index >= 15 is 0 Å². The fraction of sp³-hybridized carbons (Fsp3) is 0.125. The quantitative estimate of drug-likeness (QED) is 0.849. The van der Waals surface area contributed by atoms with Crippen molar-refractivity contribution >= 4 is 17.2 Å². The SMILES string of the molecule is C=C(CNCc1ccc(Cl)cc1)c1ccccc1. The van der Waals surface area contributed by atoms with E-state index in [1.165, 1.54) is 11.1 Å². The smallest absolute Gasteiger partial charge is 0.0406 e. The second kappa shape index (κ2) is 6.39. The second-order valence-corrected chi connectivity index (χ2v) is 4.64. The van der Waals surface area contributed by atoms with Gasteiger partial charge in [0, 0.05) is 18.1 Å². The summed E-state index contributed by atoms with van der Waals surface area (Å²) < 4.78 is 0. The van der Waals surface area contributed by atoms with Crippen LogP contribution in [0.1, 0.15) is 11.1 Å². The van der Waals surface area contributed by atoms with Crippen LogP contribution in [0.5, 0.6) is 0 Å². The van der Waals surface area contributed by atoms with Crippen molar-refractivity contribution in [1.29, 1.82) is 0 Å². The van der Waals surface area contributed by atoms with Gasteiger partial charge < -0.3 is 5.32 Å². The Labute approximate surface area is 113 Å². The van der Waals surface area contributed by atoms with Crippen molar-refractivity contribution in [3.8, 4) is 0 Å². The molecule has 0 amide bonds. The van der Waals surface area contributed by atoms with E-state index in [0.29, 0.717) is 0 Å². The molecule has 0 unspecified atom stereocenters. The van der Waals surface area contributed by atoms with E-state index in [4.69, 9.17) is 11.6 Å². The molecule has 92 valence electrons. The summed E-state index contributed by atoms with van der Waals surface area (Å²) in [7, 11) is 0. The third kappa shape index (κ3) is 3.73. The van der Waals surface area contributed by atoms with Crippen LogP contribution in [0.4, 0.5) is 0 Å². The normalized spacial score (nSPS) is 10.3. The van der Waals surface area contributed by atoms with E-state index in [0.717, 1.165) is 23.7 Å². The zero-order valence-corrected chi connectivity index (χ0v) is 11.0. The second-order valence-electron chi connectivity index (χ2n) is 4.20. The van der Waals surface area contributed by atoms with Crippen LogP contribution in [0.3, 0.4) is 0 Å². The van der Waals surface area contributed by atoms with Crippen LogP contribution < -0.4 is 5.32 Å². The minimum absolute atomic E-state index is 0.771. The lowest BCUT2D eigenvalue weighted by atomic mass is 10.1.